The first-order chi connectivity index (χ1) is 13.1. The standard InChI is InChI=1S/C19H23N3O5/c1-25-16-12(11-13(19(23)24)17(26-2)18(16)27-3)14-5-4-6-15(21-14)22-9-7-20-8-10-22/h4-6,11,20H,7-10H2,1-3H3,(H,23,24). The monoisotopic (exact) mass is 373 g/mol. The number of hydrogen-bond donors (Lipinski definition) is 2. The van der Waals surface area contributed by atoms with Gasteiger partial charge in [-0.2, -0.15) is 0 Å². The third-order valence-corrected chi connectivity index (χ3v) is 4.48. The molecule has 0 spiro atoms. The number of ether oxygens (including phenoxy) is 3. The first kappa shape index (κ1) is 18.8. The van der Waals surface area contributed by atoms with Crippen molar-refractivity contribution in [3.63, 3.8) is 0 Å². The molecule has 1 saturated heterocycles. The minimum atomic E-state index is -1.12. The van der Waals surface area contributed by atoms with Gasteiger partial charge in [-0.15, -0.1) is 0 Å². The predicted octanol–water partition coefficient (Wildman–Crippen LogP) is 1.88. The second-order valence-electron chi connectivity index (χ2n) is 5.99. The van der Waals surface area contributed by atoms with Crippen LogP contribution in [0.2, 0.25) is 0 Å². The number of carboxylic acid groups (broad SMARTS) is 1. The number of methoxy groups -OCH3 is 3. The highest BCUT2D eigenvalue weighted by Gasteiger charge is 2.26. The summed E-state index contributed by atoms with van der Waals surface area (Å²) in [5, 5.41) is 12.9. The van der Waals surface area contributed by atoms with E-state index in [0.717, 1.165) is 32.0 Å². The van der Waals surface area contributed by atoms with E-state index < -0.39 is 5.97 Å². The van der Waals surface area contributed by atoms with E-state index in [-0.39, 0.29) is 17.1 Å². The molecule has 0 unspecified atom stereocenters. The fourth-order valence-corrected chi connectivity index (χ4v) is 3.21. The number of anilines is 1. The number of aromatic carboxylic acids is 1. The Kier molecular flexibility index (Phi) is 5.66. The molecule has 8 nitrogen and oxygen atoms in total. The van der Waals surface area contributed by atoms with Gasteiger partial charge in [0.15, 0.2) is 11.5 Å². The highest BCUT2D eigenvalue weighted by atomic mass is 16.5. The number of pyridine rings is 1. The van der Waals surface area contributed by atoms with Gasteiger partial charge < -0.3 is 29.5 Å². The molecule has 0 amide bonds. The van der Waals surface area contributed by atoms with Gasteiger partial charge in [-0.05, 0) is 18.2 Å². The van der Waals surface area contributed by atoms with Gasteiger partial charge >= 0.3 is 5.97 Å². The Bertz CT molecular complexity index is 834. The lowest BCUT2D eigenvalue weighted by molar-refractivity contribution is 0.0692. The maximum absolute atomic E-state index is 11.7. The molecule has 1 aromatic heterocycles. The number of carbonyl (C=O) groups is 1. The smallest absolute Gasteiger partial charge is 0.339 e. The molecule has 1 aliphatic heterocycles. The van der Waals surface area contributed by atoms with Crippen LogP contribution in [0.25, 0.3) is 11.3 Å². The van der Waals surface area contributed by atoms with E-state index in [4.69, 9.17) is 19.2 Å². The number of nitrogens with zero attached hydrogens (tertiary/aromatic N) is 2. The topological polar surface area (TPSA) is 93.2 Å². The number of nitrogens with one attached hydrogen (secondary N) is 1. The van der Waals surface area contributed by atoms with Crippen molar-refractivity contribution in [3.05, 3.63) is 29.8 Å². The summed E-state index contributed by atoms with van der Waals surface area (Å²) < 4.78 is 16.2. The van der Waals surface area contributed by atoms with Crippen LogP contribution in [0.15, 0.2) is 24.3 Å². The van der Waals surface area contributed by atoms with Crippen LogP contribution in [0.4, 0.5) is 5.82 Å². The summed E-state index contributed by atoms with van der Waals surface area (Å²) in [5.41, 5.74) is 1.12. The van der Waals surface area contributed by atoms with Crippen molar-refractivity contribution in [2.24, 2.45) is 0 Å². The van der Waals surface area contributed by atoms with E-state index >= 15 is 0 Å². The molecule has 0 radical (unpaired) electrons. The zero-order valence-corrected chi connectivity index (χ0v) is 15.6. The molecule has 1 aromatic carbocycles. The molecular weight excluding hydrogens is 350 g/mol. The van der Waals surface area contributed by atoms with Crippen LogP contribution in [0.3, 0.4) is 0 Å². The summed E-state index contributed by atoms with van der Waals surface area (Å²) in [6.07, 6.45) is 0. The average Bonchev–Trinajstić information content (AvgIpc) is 2.72. The number of hydrogen-bond acceptors (Lipinski definition) is 7. The summed E-state index contributed by atoms with van der Waals surface area (Å²) in [4.78, 5) is 18.7. The van der Waals surface area contributed by atoms with Crippen molar-refractivity contribution in [1.82, 2.24) is 10.3 Å². The first-order valence-corrected chi connectivity index (χ1v) is 8.60. The van der Waals surface area contributed by atoms with Gasteiger partial charge in [0.1, 0.15) is 11.4 Å². The molecule has 1 fully saturated rings. The number of aromatic nitrogens is 1. The van der Waals surface area contributed by atoms with Crippen LogP contribution < -0.4 is 24.4 Å². The summed E-state index contributed by atoms with van der Waals surface area (Å²) >= 11 is 0. The van der Waals surface area contributed by atoms with Crippen LogP contribution in [-0.2, 0) is 0 Å². The molecule has 3 rings (SSSR count). The molecular formula is C19H23N3O5. The number of piperazine rings is 1. The molecule has 0 atom stereocenters. The van der Waals surface area contributed by atoms with Crippen molar-refractivity contribution in [2.75, 3.05) is 52.4 Å². The lowest BCUT2D eigenvalue weighted by Gasteiger charge is -2.28. The summed E-state index contributed by atoms with van der Waals surface area (Å²) in [5.74, 6) is 0.437. The molecule has 144 valence electrons. The highest BCUT2D eigenvalue weighted by Crippen LogP contribution is 2.46. The van der Waals surface area contributed by atoms with E-state index in [1.54, 1.807) is 0 Å². The number of rotatable bonds is 6. The third kappa shape index (κ3) is 3.61. The summed E-state index contributed by atoms with van der Waals surface area (Å²) in [7, 11) is 4.34. The van der Waals surface area contributed by atoms with Crippen LogP contribution >= 0.6 is 0 Å². The Morgan fingerprint density at radius 3 is 2.33 bits per heavy atom. The minimum Gasteiger partial charge on any atom is -0.492 e. The molecule has 1 aliphatic rings. The molecule has 0 saturated carbocycles. The maximum atomic E-state index is 11.7. The van der Waals surface area contributed by atoms with E-state index in [0.29, 0.717) is 17.0 Å². The van der Waals surface area contributed by atoms with Crippen LogP contribution in [0.5, 0.6) is 17.2 Å². The number of benzene rings is 1. The lowest BCUT2D eigenvalue weighted by Crippen LogP contribution is -2.43. The van der Waals surface area contributed by atoms with Crippen LogP contribution in [-0.4, -0.2) is 63.6 Å². The largest absolute Gasteiger partial charge is 0.492 e. The molecule has 0 aliphatic carbocycles. The lowest BCUT2D eigenvalue weighted by atomic mass is 10.0. The summed E-state index contributed by atoms with van der Waals surface area (Å²) in [6, 6.07) is 7.17. The van der Waals surface area contributed by atoms with Crippen LogP contribution in [0.1, 0.15) is 10.4 Å². The molecule has 0 bridgehead atoms. The predicted molar refractivity (Wildman–Crippen MR) is 101 cm³/mol. The Labute approximate surface area is 157 Å². The molecule has 8 heteroatoms. The van der Waals surface area contributed by atoms with Gasteiger partial charge in [0, 0.05) is 31.7 Å². The van der Waals surface area contributed by atoms with Gasteiger partial charge in [-0.25, -0.2) is 9.78 Å². The molecule has 2 N–H and O–H groups in total. The van der Waals surface area contributed by atoms with Gasteiger partial charge in [-0.3, -0.25) is 0 Å². The number of carboxylic acids is 1. The second kappa shape index (κ2) is 8.13. The van der Waals surface area contributed by atoms with Gasteiger partial charge in [0.05, 0.1) is 27.0 Å². The maximum Gasteiger partial charge on any atom is 0.339 e. The fourth-order valence-electron chi connectivity index (χ4n) is 3.21. The Hall–Kier alpha value is -3.00. The van der Waals surface area contributed by atoms with E-state index in [2.05, 4.69) is 10.2 Å². The van der Waals surface area contributed by atoms with Gasteiger partial charge in [0.25, 0.3) is 0 Å². The first-order valence-electron chi connectivity index (χ1n) is 8.60. The highest BCUT2D eigenvalue weighted by molar-refractivity contribution is 5.96. The Morgan fingerprint density at radius 1 is 1.07 bits per heavy atom. The fraction of sp³-hybridized carbons (Fsp3) is 0.368. The zero-order valence-electron chi connectivity index (χ0n) is 15.6. The summed E-state index contributed by atoms with van der Waals surface area (Å²) in [6.45, 7) is 3.52. The normalized spacial score (nSPS) is 14.0. The SMILES string of the molecule is COc1c(C(=O)O)cc(-c2cccc(N3CCNCC3)n2)c(OC)c1OC. The quantitative estimate of drug-likeness (QED) is 0.793. The van der Waals surface area contributed by atoms with Gasteiger partial charge in [-0.1, -0.05) is 6.07 Å². The third-order valence-electron chi connectivity index (χ3n) is 4.48. The van der Waals surface area contributed by atoms with Crippen molar-refractivity contribution in [2.45, 2.75) is 0 Å². The molecule has 2 heterocycles. The van der Waals surface area contributed by atoms with Gasteiger partial charge in [0.2, 0.25) is 5.75 Å². The van der Waals surface area contributed by atoms with E-state index in [1.165, 1.54) is 27.4 Å². The molecule has 2 aromatic rings. The van der Waals surface area contributed by atoms with Crippen molar-refractivity contribution < 1.29 is 24.1 Å². The Morgan fingerprint density at radius 2 is 1.74 bits per heavy atom. The second-order valence-corrected chi connectivity index (χ2v) is 5.99. The van der Waals surface area contributed by atoms with Crippen LogP contribution in [0, 0.1) is 0 Å². The van der Waals surface area contributed by atoms with E-state index in [1.807, 2.05) is 18.2 Å². The average molecular weight is 373 g/mol. The zero-order chi connectivity index (χ0) is 19.4. The van der Waals surface area contributed by atoms with Crippen molar-refractivity contribution >= 4 is 11.8 Å². The molecule has 27 heavy (non-hydrogen) atoms. The van der Waals surface area contributed by atoms with Crippen molar-refractivity contribution in [1.29, 1.82) is 0 Å². The van der Waals surface area contributed by atoms with Crippen molar-refractivity contribution in [3.8, 4) is 28.5 Å². The van der Waals surface area contributed by atoms with E-state index in [9.17, 15) is 9.90 Å². The minimum absolute atomic E-state index is 0.0143. The Balaban J connectivity index is 2.15.